The van der Waals surface area contributed by atoms with Gasteiger partial charge in [-0.1, -0.05) is 32.1 Å². The summed E-state index contributed by atoms with van der Waals surface area (Å²) in [5.74, 6) is 4.09. The Hall–Kier alpha value is -0.0800. The molecular formula is C18H31NO. The molecule has 4 aliphatic rings. The Balaban J connectivity index is 1.34. The Morgan fingerprint density at radius 1 is 0.850 bits per heavy atom. The van der Waals surface area contributed by atoms with Crippen LogP contribution in [0.15, 0.2) is 0 Å². The Morgan fingerprint density at radius 3 is 2.40 bits per heavy atom. The minimum absolute atomic E-state index is 0.395. The van der Waals surface area contributed by atoms with Gasteiger partial charge in [0.05, 0.1) is 5.60 Å². The molecule has 0 aromatic rings. The lowest BCUT2D eigenvalue weighted by Crippen LogP contribution is -2.47. The van der Waals surface area contributed by atoms with Crippen molar-refractivity contribution in [2.75, 3.05) is 6.54 Å². The lowest BCUT2D eigenvalue weighted by molar-refractivity contribution is 0.0190. The van der Waals surface area contributed by atoms with Crippen molar-refractivity contribution >= 4 is 0 Å². The molecule has 0 aromatic carbocycles. The lowest BCUT2D eigenvalue weighted by Gasteiger charge is -2.35. The van der Waals surface area contributed by atoms with Crippen molar-refractivity contribution in [3.05, 3.63) is 0 Å². The van der Waals surface area contributed by atoms with E-state index in [0.29, 0.717) is 0 Å². The minimum Gasteiger partial charge on any atom is -0.389 e. The van der Waals surface area contributed by atoms with Crippen molar-refractivity contribution in [2.45, 2.75) is 82.3 Å². The molecule has 4 fully saturated rings. The molecule has 0 radical (unpaired) electrons. The zero-order valence-corrected chi connectivity index (χ0v) is 12.8. The van der Waals surface area contributed by atoms with Crippen molar-refractivity contribution in [3.8, 4) is 0 Å². The van der Waals surface area contributed by atoms with Crippen LogP contribution >= 0.6 is 0 Å². The van der Waals surface area contributed by atoms with Gasteiger partial charge in [0.2, 0.25) is 0 Å². The van der Waals surface area contributed by atoms with Crippen LogP contribution in [0.1, 0.15) is 70.6 Å². The first-order valence-corrected chi connectivity index (χ1v) is 9.21. The molecule has 0 spiro atoms. The third kappa shape index (κ3) is 2.33. The highest BCUT2D eigenvalue weighted by Crippen LogP contribution is 2.58. The van der Waals surface area contributed by atoms with Gasteiger partial charge in [-0.2, -0.15) is 0 Å². The molecule has 0 heterocycles. The Bertz CT molecular complexity index is 347. The highest BCUT2D eigenvalue weighted by molar-refractivity contribution is 5.06. The number of hydrogen-bond acceptors (Lipinski definition) is 2. The first-order chi connectivity index (χ1) is 9.75. The molecule has 2 bridgehead atoms. The minimum atomic E-state index is -0.395. The summed E-state index contributed by atoms with van der Waals surface area (Å²) in [6.07, 6.45) is 14.5. The van der Waals surface area contributed by atoms with Gasteiger partial charge in [-0.3, -0.25) is 0 Å². The fraction of sp³-hybridized carbons (Fsp3) is 1.00. The van der Waals surface area contributed by atoms with Crippen LogP contribution in [0, 0.1) is 23.7 Å². The van der Waals surface area contributed by atoms with E-state index in [0.717, 1.165) is 49.1 Å². The number of hydrogen-bond donors (Lipinski definition) is 2. The number of aliphatic hydroxyl groups is 1. The summed E-state index contributed by atoms with van der Waals surface area (Å²) in [7, 11) is 0. The Morgan fingerprint density at radius 2 is 1.60 bits per heavy atom. The second-order valence-corrected chi connectivity index (χ2v) is 8.28. The summed E-state index contributed by atoms with van der Waals surface area (Å²) in [5, 5.41) is 14.6. The van der Waals surface area contributed by atoms with Crippen LogP contribution in [0.2, 0.25) is 0 Å². The van der Waals surface area contributed by atoms with Crippen LogP contribution in [-0.4, -0.2) is 23.3 Å². The van der Waals surface area contributed by atoms with E-state index in [1.807, 2.05) is 0 Å². The van der Waals surface area contributed by atoms with Gasteiger partial charge in [-0.15, -0.1) is 0 Å². The molecule has 20 heavy (non-hydrogen) atoms. The predicted molar refractivity (Wildman–Crippen MR) is 81.5 cm³/mol. The van der Waals surface area contributed by atoms with Crippen molar-refractivity contribution in [3.63, 3.8) is 0 Å². The predicted octanol–water partition coefficient (Wildman–Crippen LogP) is 3.49. The summed E-state index contributed by atoms with van der Waals surface area (Å²) in [5.41, 5.74) is -0.395. The van der Waals surface area contributed by atoms with E-state index in [1.165, 1.54) is 57.8 Å². The molecule has 2 nitrogen and oxygen atoms in total. The van der Waals surface area contributed by atoms with Crippen molar-refractivity contribution < 1.29 is 5.11 Å². The first kappa shape index (κ1) is 13.6. The topological polar surface area (TPSA) is 32.3 Å². The number of rotatable bonds is 3. The third-order valence-corrected chi connectivity index (χ3v) is 7.16. The third-order valence-electron chi connectivity index (χ3n) is 7.16. The number of fused-ring (bicyclic) bond motifs is 5. The Kier molecular flexibility index (Phi) is 3.58. The molecule has 5 atom stereocenters. The van der Waals surface area contributed by atoms with Gasteiger partial charge in [0.1, 0.15) is 0 Å². The number of nitrogens with one attached hydrogen (secondary N) is 1. The second kappa shape index (κ2) is 5.28. The molecule has 4 saturated carbocycles. The fourth-order valence-electron chi connectivity index (χ4n) is 6.19. The van der Waals surface area contributed by atoms with E-state index in [4.69, 9.17) is 0 Å². The maximum atomic E-state index is 10.8. The molecule has 2 N–H and O–H groups in total. The maximum Gasteiger partial charge on any atom is 0.0771 e. The Labute approximate surface area is 123 Å². The second-order valence-electron chi connectivity index (χ2n) is 8.28. The van der Waals surface area contributed by atoms with E-state index in [-0.39, 0.29) is 0 Å². The van der Waals surface area contributed by atoms with E-state index < -0.39 is 5.60 Å². The molecule has 4 aliphatic carbocycles. The van der Waals surface area contributed by atoms with E-state index >= 15 is 0 Å². The summed E-state index contributed by atoms with van der Waals surface area (Å²) in [6.45, 7) is 0.859. The van der Waals surface area contributed by atoms with Crippen LogP contribution in [-0.2, 0) is 0 Å². The normalized spacial score (nSPS) is 46.4. The standard InChI is InChI=1S/C18H31NO/c20-18(8-3-1-2-4-9-18)12-19-17-11-13-10-16(17)15-7-5-6-14(13)15/h13-17,19-20H,1-12H2. The van der Waals surface area contributed by atoms with Crippen molar-refractivity contribution in [2.24, 2.45) is 23.7 Å². The smallest absolute Gasteiger partial charge is 0.0771 e. The van der Waals surface area contributed by atoms with Crippen LogP contribution in [0.25, 0.3) is 0 Å². The molecule has 0 amide bonds. The SMILES string of the molecule is OC1(CNC2CC3CC2C2CCCC32)CCCCCC1. The van der Waals surface area contributed by atoms with Gasteiger partial charge >= 0.3 is 0 Å². The van der Waals surface area contributed by atoms with Crippen LogP contribution in [0.3, 0.4) is 0 Å². The molecular weight excluding hydrogens is 246 g/mol. The zero-order chi connectivity index (χ0) is 13.6. The van der Waals surface area contributed by atoms with Gasteiger partial charge in [-0.25, -0.2) is 0 Å². The molecule has 0 aliphatic heterocycles. The maximum absolute atomic E-state index is 10.8. The molecule has 2 heteroatoms. The van der Waals surface area contributed by atoms with E-state index in [9.17, 15) is 5.11 Å². The summed E-state index contributed by atoms with van der Waals surface area (Å²) in [6, 6.07) is 0.728. The molecule has 0 aromatic heterocycles. The summed E-state index contributed by atoms with van der Waals surface area (Å²) in [4.78, 5) is 0. The summed E-state index contributed by atoms with van der Waals surface area (Å²) < 4.78 is 0. The van der Waals surface area contributed by atoms with Crippen LogP contribution < -0.4 is 5.32 Å². The van der Waals surface area contributed by atoms with Gasteiger partial charge in [0, 0.05) is 12.6 Å². The quantitative estimate of drug-likeness (QED) is 0.774. The molecule has 0 saturated heterocycles. The highest BCUT2D eigenvalue weighted by Gasteiger charge is 2.53. The zero-order valence-electron chi connectivity index (χ0n) is 12.8. The average molecular weight is 277 g/mol. The van der Waals surface area contributed by atoms with Crippen molar-refractivity contribution in [1.29, 1.82) is 0 Å². The van der Waals surface area contributed by atoms with Gasteiger partial charge in [0.25, 0.3) is 0 Å². The molecule has 5 unspecified atom stereocenters. The molecule has 114 valence electrons. The van der Waals surface area contributed by atoms with Gasteiger partial charge in [-0.05, 0) is 62.2 Å². The van der Waals surface area contributed by atoms with Gasteiger partial charge < -0.3 is 10.4 Å². The largest absolute Gasteiger partial charge is 0.389 e. The lowest BCUT2D eigenvalue weighted by atomic mass is 9.79. The monoisotopic (exact) mass is 277 g/mol. The first-order valence-electron chi connectivity index (χ1n) is 9.21. The fourth-order valence-corrected chi connectivity index (χ4v) is 6.19. The highest BCUT2D eigenvalue weighted by atomic mass is 16.3. The average Bonchev–Trinajstić information content (AvgIpc) is 3.09. The van der Waals surface area contributed by atoms with Crippen LogP contribution in [0.4, 0.5) is 0 Å². The molecule has 4 rings (SSSR count). The van der Waals surface area contributed by atoms with Crippen molar-refractivity contribution in [1.82, 2.24) is 5.32 Å². The van der Waals surface area contributed by atoms with E-state index in [1.54, 1.807) is 0 Å². The summed E-state index contributed by atoms with van der Waals surface area (Å²) >= 11 is 0. The van der Waals surface area contributed by atoms with Crippen LogP contribution in [0.5, 0.6) is 0 Å². The van der Waals surface area contributed by atoms with E-state index in [2.05, 4.69) is 5.32 Å². The van der Waals surface area contributed by atoms with Gasteiger partial charge in [0.15, 0.2) is 0 Å².